The van der Waals surface area contributed by atoms with Crippen molar-refractivity contribution in [3.05, 3.63) is 24.2 Å². The summed E-state index contributed by atoms with van der Waals surface area (Å²) < 4.78 is 5.17. The summed E-state index contributed by atoms with van der Waals surface area (Å²) in [6, 6.07) is 3.62. The van der Waals surface area contributed by atoms with E-state index < -0.39 is 0 Å². The molecule has 1 N–H and O–H groups in total. The minimum absolute atomic E-state index is 0.0347. The first-order valence-corrected chi connectivity index (χ1v) is 8.22. The van der Waals surface area contributed by atoms with Crippen molar-refractivity contribution in [1.29, 1.82) is 0 Å². The van der Waals surface area contributed by atoms with Crippen LogP contribution in [0.2, 0.25) is 0 Å². The Morgan fingerprint density at radius 1 is 1.23 bits per heavy atom. The monoisotopic (exact) mass is 306 g/mol. The molecule has 0 aromatic carbocycles. The maximum atomic E-state index is 12.3. The van der Waals surface area contributed by atoms with Gasteiger partial charge >= 0.3 is 0 Å². The minimum atomic E-state index is -0.0347. The van der Waals surface area contributed by atoms with Gasteiger partial charge in [-0.15, -0.1) is 0 Å². The SMILES string of the molecule is CC(CC(=O)NCc1ccco1)CC(=O)N1CCCCCC1. The first-order chi connectivity index (χ1) is 10.6. The van der Waals surface area contributed by atoms with Crippen LogP contribution in [0.3, 0.4) is 0 Å². The maximum Gasteiger partial charge on any atom is 0.222 e. The third kappa shape index (κ3) is 5.54. The summed E-state index contributed by atoms with van der Waals surface area (Å²) in [7, 11) is 0. The van der Waals surface area contributed by atoms with Gasteiger partial charge in [-0.2, -0.15) is 0 Å². The van der Waals surface area contributed by atoms with Crippen LogP contribution in [-0.4, -0.2) is 29.8 Å². The van der Waals surface area contributed by atoms with Crippen LogP contribution in [0.1, 0.15) is 51.2 Å². The van der Waals surface area contributed by atoms with Gasteiger partial charge < -0.3 is 14.6 Å². The number of carbonyl (C=O) groups excluding carboxylic acids is 2. The molecule has 5 nitrogen and oxygen atoms in total. The lowest BCUT2D eigenvalue weighted by atomic mass is 10.0. The molecule has 2 amide bonds. The van der Waals surface area contributed by atoms with E-state index in [0.29, 0.717) is 19.4 Å². The summed E-state index contributed by atoms with van der Waals surface area (Å²) in [6.07, 6.45) is 7.05. The molecule has 0 bridgehead atoms. The van der Waals surface area contributed by atoms with Gasteiger partial charge in [0.1, 0.15) is 5.76 Å². The predicted molar refractivity (Wildman–Crippen MR) is 84.0 cm³/mol. The van der Waals surface area contributed by atoms with Crippen LogP contribution in [0, 0.1) is 5.92 Å². The molecule has 0 radical (unpaired) electrons. The average Bonchev–Trinajstić information content (AvgIpc) is 2.85. The fourth-order valence-corrected chi connectivity index (χ4v) is 2.81. The summed E-state index contributed by atoms with van der Waals surface area (Å²) in [5.41, 5.74) is 0. The molecule has 2 heterocycles. The fourth-order valence-electron chi connectivity index (χ4n) is 2.81. The molecular weight excluding hydrogens is 280 g/mol. The molecule has 1 aromatic heterocycles. The minimum Gasteiger partial charge on any atom is -0.467 e. The van der Waals surface area contributed by atoms with Gasteiger partial charge in [0, 0.05) is 25.9 Å². The van der Waals surface area contributed by atoms with Crippen molar-refractivity contribution in [2.24, 2.45) is 5.92 Å². The number of nitrogens with zero attached hydrogens (tertiary/aromatic N) is 1. The van der Waals surface area contributed by atoms with Gasteiger partial charge in [0.05, 0.1) is 12.8 Å². The number of furan rings is 1. The molecule has 1 aromatic rings. The van der Waals surface area contributed by atoms with Crippen molar-refractivity contribution in [3.63, 3.8) is 0 Å². The fraction of sp³-hybridized carbons (Fsp3) is 0.647. The zero-order valence-electron chi connectivity index (χ0n) is 13.3. The lowest BCUT2D eigenvalue weighted by Gasteiger charge is -2.22. The van der Waals surface area contributed by atoms with Crippen molar-refractivity contribution in [2.45, 2.75) is 52.0 Å². The summed E-state index contributed by atoms with van der Waals surface area (Å²) >= 11 is 0. The second-order valence-electron chi connectivity index (χ2n) is 6.16. The molecule has 0 aliphatic carbocycles. The largest absolute Gasteiger partial charge is 0.467 e. The van der Waals surface area contributed by atoms with E-state index in [1.165, 1.54) is 12.8 Å². The van der Waals surface area contributed by atoms with Crippen molar-refractivity contribution in [3.8, 4) is 0 Å². The smallest absolute Gasteiger partial charge is 0.222 e. The van der Waals surface area contributed by atoms with Crippen LogP contribution in [-0.2, 0) is 16.1 Å². The van der Waals surface area contributed by atoms with E-state index in [-0.39, 0.29) is 17.7 Å². The number of likely N-dealkylation sites (tertiary alicyclic amines) is 1. The Hall–Kier alpha value is -1.78. The van der Waals surface area contributed by atoms with Gasteiger partial charge in [0.25, 0.3) is 0 Å². The van der Waals surface area contributed by atoms with Crippen molar-refractivity contribution in [2.75, 3.05) is 13.1 Å². The summed E-state index contributed by atoms with van der Waals surface area (Å²) in [4.78, 5) is 26.1. The number of hydrogen-bond donors (Lipinski definition) is 1. The normalized spacial score (nSPS) is 16.9. The molecule has 1 aliphatic heterocycles. The highest BCUT2D eigenvalue weighted by atomic mass is 16.3. The zero-order chi connectivity index (χ0) is 15.8. The first-order valence-electron chi connectivity index (χ1n) is 8.22. The summed E-state index contributed by atoms with van der Waals surface area (Å²) in [5.74, 6) is 0.954. The van der Waals surface area contributed by atoms with Gasteiger partial charge in [-0.1, -0.05) is 19.8 Å². The van der Waals surface area contributed by atoms with Crippen molar-refractivity contribution < 1.29 is 14.0 Å². The number of carbonyl (C=O) groups is 2. The predicted octanol–water partition coefficient (Wildman–Crippen LogP) is 2.71. The van der Waals surface area contributed by atoms with Gasteiger partial charge in [0.15, 0.2) is 0 Å². The van der Waals surface area contributed by atoms with Crippen molar-refractivity contribution >= 4 is 11.8 Å². The third-order valence-electron chi connectivity index (χ3n) is 4.06. The van der Waals surface area contributed by atoms with E-state index in [0.717, 1.165) is 31.7 Å². The van der Waals surface area contributed by atoms with E-state index in [1.54, 1.807) is 12.3 Å². The Labute approximate surface area is 132 Å². The van der Waals surface area contributed by atoms with Crippen LogP contribution >= 0.6 is 0 Å². The molecule has 2 rings (SSSR count). The number of hydrogen-bond acceptors (Lipinski definition) is 3. The van der Waals surface area contributed by atoms with Gasteiger partial charge in [-0.05, 0) is 30.9 Å². The lowest BCUT2D eigenvalue weighted by Crippen LogP contribution is -2.33. The zero-order valence-corrected chi connectivity index (χ0v) is 13.3. The second kappa shape index (κ2) is 8.61. The second-order valence-corrected chi connectivity index (χ2v) is 6.16. The molecule has 0 saturated carbocycles. The number of nitrogens with one attached hydrogen (secondary N) is 1. The molecule has 22 heavy (non-hydrogen) atoms. The van der Waals surface area contributed by atoms with Crippen LogP contribution in [0.25, 0.3) is 0 Å². The van der Waals surface area contributed by atoms with Gasteiger partial charge in [-0.3, -0.25) is 9.59 Å². The quantitative estimate of drug-likeness (QED) is 0.879. The molecule has 1 aliphatic rings. The van der Waals surface area contributed by atoms with Gasteiger partial charge in [0.2, 0.25) is 11.8 Å². The first kappa shape index (κ1) is 16.6. The van der Waals surface area contributed by atoms with Crippen LogP contribution < -0.4 is 5.32 Å². The summed E-state index contributed by atoms with van der Waals surface area (Å²) in [5, 5.41) is 2.82. The van der Waals surface area contributed by atoms with E-state index in [2.05, 4.69) is 5.32 Å². The van der Waals surface area contributed by atoms with Crippen LogP contribution in [0.15, 0.2) is 22.8 Å². The molecular formula is C17H26N2O3. The van der Waals surface area contributed by atoms with E-state index in [9.17, 15) is 9.59 Å². The third-order valence-corrected chi connectivity index (χ3v) is 4.06. The molecule has 1 fully saturated rings. The Morgan fingerprint density at radius 2 is 1.95 bits per heavy atom. The standard InChI is InChI=1S/C17H26N2O3/c1-14(11-16(20)18-13-15-7-6-10-22-15)12-17(21)19-8-4-2-3-5-9-19/h6-7,10,14H,2-5,8-9,11-13H2,1H3,(H,18,20). The highest BCUT2D eigenvalue weighted by molar-refractivity contribution is 5.79. The molecule has 0 spiro atoms. The Morgan fingerprint density at radius 3 is 2.59 bits per heavy atom. The van der Waals surface area contributed by atoms with E-state index in [1.807, 2.05) is 17.9 Å². The Kier molecular flexibility index (Phi) is 6.49. The topological polar surface area (TPSA) is 62.6 Å². The van der Waals surface area contributed by atoms with Crippen LogP contribution in [0.4, 0.5) is 0 Å². The van der Waals surface area contributed by atoms with E-state index >= 15 is 0 Å². The number of rotatable bonds is 6. The van der Waals surface area contributed by atoms with Crippen LogP contribution in [0.5, 0.6) is 0 Å². The molecule has 5 heteroatoms. The average molecular weight is 306 g/mol. The van der Waals surface area contributed by atoms with E-state index in [4.69, 9.17) is 4.42 Å². The Balaban J connectivity index is 1.68. The van der Waals surface area contributed by atoms with Gasteiger partial charge in [-0.25, -0.2) is 0 Å². The highest BCUT2D eigenvalue weighted by Crippen LogP contribution is 2.15. The lowest BCUT2D eigenvalue weighted by molar-refractivity contribution is -0.132. The molecule has 1 saturated heterocycles. The van der Waals surface area contributed by atoms with Crippen molar-refractivity contribution in [1.82, 2.24) is 10.2 Å². The summed E-state index contributed by atoms with van der Waals surface area (Å²) in [6.45, 7) is 4.10. The highest BCUT2D eigenvalue weighted by Gasteiger charge is 2.19. The molecule has 1 unspecified atom stereocenters. The molecule has 1 atom stereocenters. The Bertz CT molecular complexity index is 462. The molecule has 122 valence electrons. The number of amides is 2. The maximum absolute atomic E-state index is 12.3.